The molecule has 4 heteroatoms. The van der Waals surface area contributed by atoms with E-state index in [9.17, 15) is 4.79 Å². The quantitative estimate of drug-likeness (QED) is 0.526. The SMILES string of the molecule is O=C(Nc1ccc(Br)cc1Br)C(c1ccccc1)c1ccccc1. The molecule has 3 aromatic rings. The van der Waals surface area contributed by atoms with Crippen molar-refractivity contribution in [1.82, 2.24) is 0 Å². The average molecular weight is 445 g/mol. The molecule has 120 valence electrons. The summed E-state index contributed by atoms with van der Waals surface area (Å²) in [5.41, 5.74) is 2.68. The number of halogens is 2. The van der Waals surface area contributed by atoms with Gasteiger partial charge < -0.3 is 5.32 Å². The maximum Gasteiger partial charge on any atom is 0.236 e. The van der Waals surface area contributed by atoms with Gasteiger partial charge in [-0.3, -0.25) is 4.79 Å². The zero-order valence-electron chi connectivity index (χ0n) is 12.7. The van der Waals surface area contributed by atoms with Crippen molar-refractivity contribution in [2.24, 2.45) is 0 Å². The number of carbonyl (C=O) groups excluding carboxylic acids is 1. The normalized spacial score (nSPS) is 10.6. The van der Waals surface area contributed by atoms with Gasteiger partial charge in [-0.15, -0.1) is 0 Å². The molecule has 0 aliphatic rings. The Morgan fingerprint density at radius 2 is 1.33 bits per heavy atom. The smallest absolute Gasteiger partial charge is 0.236 e. The summed E-state index contributed by atoms with van der Waals surface area (Å²) < 4.78 is 1.79. The van der Waals surface area contributed by atoms with Crippen LogP contribution in [0, 0.1) is 0 Å². The van der Waals surface area contributed by atoms with Gasteiger partial charge in [0.05, 0.1) is 11.6 Å². The number of nitrogens with one attached hydrogen (secondary N) is 1. The Morgan fingerprint density at radius 3 is 1.83 bits per heavy atom. The van der Waals surface area contributed by atoms with E-state index in [0.29, 0.717) is 0 Å². The van der Waals surface area contributed by atoms with Gasteiger partial charge in [0.1, 0.15) is 0 Å². The molecule has 0 aliphatic heterocycles. The van der Waals surface area contributed by atoms with Crippen LogP contribution in [0.2, 0.25) is 0 Å². The molecule has 0 bridgehead atoms. The standard InChI is InChI=1S/C20H15Br2NO/c21-16-11-12-18(17(22)13-16)23-20(24)19(14-7-3-1-4-8-14)15-9-5-2-6-10-15/h1-13,19H,(H,23,24). The Bertz CT molecular complexity index is 795. The van der Waals surface area contributed by atoms with E-state index in [-0.39, 0.29) is 11.8 Å². The first-order chi connectivity index (χ1) is 11.6. The first-order valence-corrected chi connectivity index (χ1v) is 9.09. The van der Waals surface area contributed by atoms with Crippen molar-refractivity contribution < 1.29 is 4.79 Å². The van der Waals surface area contributed by atoms with Gasteiger partial charge in [-0.05, 0) is 45.3 Å². The van der Waals surface area contributed by atoms with Crippen LogP contribution in [0.3, 0.4) is 0 Å². The van der Waals surface area contributed by atoms with Crippen LogP contribution in [-0.4, -0.2) is 5.91 Å². The fraction of sp³-hybridized carbons (Fsp3) is 0.0500. The Hall–Kier alpha value is -1.91. The van der Waals surface area contributed by atoms with Crippen LogP contribution in [0.15, 0.2) is 87.8 Å². The van der Waals surface area contributed by atoms with Crippen LogP contribution in [0.25, 0.3) is 0 Å². The van der Waals surface area contributed by atoms with E-state index in [1.54, 1.807) is 0 Å². The van der Waals surface area contributed by atoms with E-state index in [1.807, 2.05) is 78.9 Å². The van der Waals surface area contributed by atoms with Gasteiger partial charge in [0, 0.05) is 8.95 Å². The monoisotopic (exact) mass is 443 g/mol. The molecule has 0 saturated carbocycles. The molecule has 3 aromatic carbocycles. The van der Waals surface area contributed by atoms with E-state index in [0.717, 1.165) is 25.8 Å². The highest BCUT2D eigenvalue weighted by Gasteiger charge is 2.23. The third kappa shape index (κ3) is 3.94. The lowest BCUT2D eigenvalue weighted by molar-refractivity contribution is -0.116. The molecule has 3 rings (SSSR count). The van der Waals surface area contributed by atoms with E-state index in [2.05, 4.69) is 37.2 Å². The van der Waals surface area contributed by atoms with Crippen molar-refractivity contribution in [2.45, 2.75) is 5.92 Å². The van der Waals surface area contributed by atoms with Crippen LogP contribution in [0.1, 0.15) is 17.0 Å². The number of hydrogen-bond acceptors (Lipinski definition) is 1. The minimum absolute atomic E-state index is 0.0598. The Labute approximate surface area is 158 Å². The van der Waals surface area contributed by atoms with Gasteiger partial charge in [0.2, 0.25) is 5.91 Å². The molecule has 0 heterocycles. The van der Waals surface area contributed by atoms with Crippen LogP contribution < -0.4 is 5.32 Å². The lowest BCUT2D eigenvalue weighted by Crippen LogP contribution is -2.22. The minimum atomic E-state index is -0.358. The Kier molecular flexibility index (Phi) is 5.48. The Morgan fingerprint density at radius 1 is 0.792 bits per heavy atom. The summed E-state index contributed by atoms with van der Waals surface area (Å²) in [4.78, 5) is 13.0. The van der Waals surface area contributed by atoms with Crippen LogP contribution >= 0.6 is 31.9 Å². The van der Waals surface area contributed by atoms with Crippen molar-refractivity contribution >= 4 is 43.5 Å². The van der Waals surface area contributed by atoms with Gasteiger partial charge in [-0.1, -0.05) is 76.6 Å². The number of hydrogen-bond donors (Lipinski definition) is 1. The first kappa shape index (κ1) is 16.9. The third-order valence-electron chi connectivity index (χ3n) is 3.72. The average Bonchev–Trinajstić information content (AvgIpc) is 2.60. The number of rotatable bonds is 4. The summed E-state index contributed by atoms with van der Waals surface area (Å²) in [7, 11) is 0. The van der Waals surface area contributed by atoms with Gasteiger partial charge in [-0.2, -0.15) is 0 Å². The van der Waals surface area contributed by atoms with E-state index >= 15 is 0 Å². The zero-order chi connectivity index (χ0) is 16.9. The molecule has 0 aromatic heterocycles. The first-order valence-electron chi connectivity index (χ1n) is 7.51. The maximum atomic E-state index is 13.0. The fourth-order valence-corrected chi connectivity index (χ4v) is 3.73. The van der Waals surface area contributed by atoms with Gasteiger partial charge in [-0.25, -0.2) is 0 Å². The van der Waals surface area contributed by atoms with Gasteiger partial charge >= 0.3 is 0 Å². The molecule has 1 amide bonds. The zero-order valence-corrected chi connectivity index (χ0v) is 15.9. The summed E-state index contributed by atoms with van der Waals surface area (Å²) >= 11 is 6.91. The summed E-state index contributed by atoms with van der Waals surface area (Å²) in [6.45, 7) is 0. The van der Waals surface area contributed by atoms with Crippen molar-refractivity contribution in [2.75, 3.05) is 5.32 Å². The van der Waals surface area contributed by atoms with Crippen molar-refractivity contribution in [3.63, 3.8) is 0 Å². The largest absolute Gasteiger partial charge is 0.324 e. The molecule has 0 unspecified atom stereocenters. The van der Waals surface area contributed by atoms with Crippen LogP contribution in [0.4, 0.5) is 5.69 Å². The number of amides is 1. The molecule has 24 heavy (non-hydrogen) atoms. The summed E-state index contributed by atoms with van der Waals surface area (Å²) in [5, 5.41) is 3.03. The van der Waals surface area contributed by atoms with Gasteiger partial charge in [0.15, 0.2) is 0 Å². The molecular weight excluding hydrogens is 430 g/mol. The van der Waals surface area contributed by atoms with E-state index < -0.39 is 0 Å². The molecular formula is C20H15Br2NO. The topological polar surface area (TPSA) is 29.1 Å². The number of anilines is 1. The molecule has 0 aliphatic carbocycles. The van der Waals surface area contributed by atoms with E-state index in [4.69, 9.17) is 0 Å². The van der Waals surface area contributed by atoms with Crippen molar-refractivity contribution in [3.8, 4) is 0 Å². The second-order valence-electron chi connectivity index (χ2n) is 5.37. The lowest BCUT2D eigenvalue weighted by atomic mass is 9.90. The molecule has 0 saturated heterocycles. The molecule has 0 atom stereocenters. The molecule has 2 nitrogen and oxygen atoms in total. The summed E-state index contributed by atoms with van der Waals surface area (Å²) in [5.74, 6) is -0.418. The molecule has 0 radical (unpaired) electrons. The highest BCUT2D eigenvalue weighted by atomic mass is 79.9. The minimum Gasteiger partial charge on any atom is -0.324 e. The van der Waals surface area contributed by atoms with Crippen LogP contribution in [0.5, 0.6) is 0 Å². The van der Waals surface area contributed by atoms with Crippen molar-refractivity contribution in [1.29, 1.82) is 0 Å². The highest BCUT2D eigenvalue weighted by Crippen LogP contribution is 2.30. The van der Waals surface area contributed by atoms with Crippen molar-refractivity contribution in [3.05, 3.63) is 98.9 Å². The molecule has 1 N–H and O–H groups in total. The number of benzene rings is 3. The predicted octanol–water partition coefficient (Wildman–Crippen LogP) is 5.98. The maximum absolute atomic E-state index is 13.0. The third-order valence-corrected chi connectivity index (χ3v) is 4.87. The second-order valence-corrected chi connectivity index (χ2v) is 7.14. The lowest BCUT2D eigenvalue weighted by Gasteiger charge is -2.18. The second kappa shape index (κ2) is 7.77. The van der Waals surface area contributed by atoms with E-state index in [1.165, 1.54) is 0 Å². The summed E-state index contributed by atoms with van der Waals surface area (Å²) in [6.07, 6.45) is 0. The number of carbonyl (C=O) groups is 1. The fourth-order valence-electron chi connectivity index (χ4n) is 2.58. The predicted molar refractivity (Wildman–Crippen MR) is 105 cm³/mol. The highest BCUT2D eigenvalue weighted by molar-refractivity contribution is 9.11. The van der Waals surface area contributed by atoms with Gasteiger partial charge in [0.25, 0.3) is 0 Å². The van der Waals surface area contributed by atoms with Crippen LogP contribution in [-0.2, 0) is 4.79 Å². The molecule has 0 fully saturated rings. The Balaban J connectivity index is 1.95. The summed E-state index contributed by atoms with van der Waals surface area (Å²) in [6, 6.07) is 25.3. The molecule has 0 spiro atoms.